The van der Waals surface area contributed by atoms with E-state index in [-0.39, 0.29) is 29.0 Å². The molecule has 2 rings (SSSR count). The number of likely N-dealkylation sites (tertiary alicyclic amines) is 1. The van der Waals surface area contributed by atoms with Gasteiger partial charge in [-0.05, 0) is 30.5 Å². The van der Waals surface area contributed by atoms with E-state index in [9.17, 15) is 14.0 Å². The maximum Gasteiger partial charge on any atom is 0.255 e. The van der Waals surface area contributed by atoms with Crippen molar-refractivity contribution in [2.75, 3.05) is 20.1 Å². The minimum Gasteiger partial charge on any atom is -0.332 e. The molecule has 122 valence electrons. The fourth-order valence-corrected chi connectivity index (χ4v) is 2.87. The van der Waals surface area contributed by atoms with Gasteiger partial charge in [-0.1, -0.05) is 18.5 Å². The van der Waals surface area contributed by atoms with E-state index in [0.29, 0.717) is 13.0 Å². The predicted octanol–water partition coefficient (Wildman–Crippen LogP) is 2.31. The number of hydrogen-bond donors (Lipinski definition) is 0. The van der Waals surface area contributed by atoms with Crippen molar-refractivity contribution in [3.8, 4) is 6.07 Å². The molecule has 1 heterocycles. The van der Waals surface area contributed by atoms with E-state index in [1.807, 2.05) is 6.92 Å². The molecule has 1 aliphatic heterocycles. The molecule has 2 unspecified atom stereocenters. The van der Waals surface area contributed by atoms with Gasteiger partial charge in [0.05, 0.1) is 23.2 Å². The SMILES string of the molecule is CC1CC(C#N)N(C(=O)CN(C)C(=O)c2cc(F)ccc2Cl)C1. The quantitative estimate of drug-likeness (QED) is 0.850. The smallest absolute Gasteiger partial charge is 0.255 e. The Labute approximate surface area is 139 Å². The average molecular weight is 338 g/mol. The first-order valence-electron chi connectivity index (χ1n) is 7.23. The summed E-state index contributed by atoms with van der Waals surface area (Å²) >= 11 is 5.91. The molecule has 7 heteroatoms. The highest BCUT2D eigenvalue weighted by Gasteiger charge is 2.33. The number of carbonyl (C=O) groups is 2. The summed E-state index contributed by atoms with van der Waals surface area (Å²) in [7, 11) is 1.45. The molecule has 2 amide bonds. The van der Waals surface area contributed by atoms with E-state index in [1.165, 1.54) is 22.9 Å². The van der Waals surface area contributed by atoms with Crippen molar-refractivity contribution in [3.05, 3.63) is 34.6 Å². The molecular formula is C16H17ClFN3O2. The predicted molar refractivity (Wildman–Crippen MR) is 83.3 cm³/mol. The molecule has 0 N–H and O–H groups in total. The minimum atomic E-state index is -0.574. The number of hydrogen-bond acceptors (Lipinski definition) is 3. The summed E-state index contributed by atoms with van der Waals surface area (Å²) in [5, 5.41) is 9.23. The van der Waals surface area contributed by atoms with Gasteiger partial charge in [-0.25, -0.2) is 4.39 Å². The van der Waals surface area contributed by atoms with Gasteiger partial charge in [-0.3, -0.25) is 9.59 Å². The lowest BCUT2D eigenvalue weighted by Crippen LogP contribution is -2.43. The molecule has 0 radical (unpaired) electrons. The van der Waals surface area contributed by atoms with E-state index in [1.54, 1.807) is 0 Å². The Morgan fingerprint density at radius 3 is 2.87 bits per heavy atom. The van der Waals surface area contributed by atoms with E-state index >= 15 is 0 Å². The first kappa shape index (κ1) is 17.2. The number of carbonyl (C=O) groups excluding carboxylic acids is 2. The zero-order chi connectivity index (χ0) is 17.1. The Bertz CT molecular complexity index is 674. The monoisotopic (exact) mass is 337 g/mol. The lowest BCUT2D eigenvalue weighted by Gasteiger charge is -2.24. The normalized spacial score (nSPS) is 20.2. The molecule has 0 aliphatic carbocycles. The van der Waals surface area contributed by atoms with E-state index < -0.39 is 17.8 Å². The van der Waals surface area contributed by atoms with Gasteiger partial charge in [0.25, 0.3) is 5.91 Å². The molecule has 0 spiro atoms. The highest BCUT2D eigenvalue weighted by molar-refractivity contribution is 6.33. The second-order valence-electron chi connectivity index (χ2n) is 5.82. The third kappa shape index (κ3) is 3.80. The minimum absolute atomic E-state index is 0.00795. The molecule has 1 aliphatic rings. The lowest BCUT2D eigenvalue weighted by molar-refractivity contribution is -0.131. The molecule has 23 heavy (non-hydrogen) atoms. The first-order chi connectivity index (χ1) is 10.8. The molecule has 1 aromatic rings. The fraction of sp³-hybridized carbons (Fsp3) is 0.438. The molecule has 1 saturated heterocycles. The summed E-state index contributed by atoms with van der Waals surface area (Å²) in [5.41, 5.74) is 0.00795. The van der Waals surface area contributed by atoms with Gasteiger partial charge in [0.1, 0.15) is 11.9 Å². The van der Waals surface area contributed by atoms with Crippen molar-refractivity contribution in [1.82, 2.24) is 9.80 Å². The van der Waals surface area contributed by atoms with Crippen LogP contribution in [0.1, 0.15) is 23.7 Å². The number of amides is 2. The molecule has 1 aromatic carbocycles. The van der Waals surface area contributed by atoms with E-state index in [2.05, 4.69) is 6.07 Å². The van der Waals surface area contributed by atoms with Crippen LogP contribution in [-0.2, 0) is 4.79 Å². The maximum atomic E-state index is 13.3. The van der Waals surface area contributed by atoms with Crippen molar-refractivity contribution < 1.29 is 14.0 Å². The molecule has 1 fully saturated rings. The third-order valence-electron chi connectivity index (χ3n) is 3.86. The van der Waals surface area contributed by atoms with Crippen LogP contribution in [0.5, 0.6) is 0 Å². The van der Waals surface area contributed by atoms with Crippen molar-refractivity contribution in [1.29, 1.82) is 5.26 Å². The van der Waals surface area contributed by atoms with Crippen LogP contribution in [0.3, 0.4) is 0 Å². The number of rotatable bonds is 3. The van der Waals surface area contributed by atoms with Gasteiger partial charge < -0.3 is 9.80 Å². The largest absolute Gasteiger partial charge is 0.332 e. The summed E-state index contributed by atoms with van der Waals surface area (Å²) < 4.78 is 13.3. The van der Waals surface area contributed by atoms with Crippen LogP contribution in [0, 0.1) is 23.1 Å². The van der Waals surface area contributed by atoms with E-state index in [4.69, 9.17) is 16.9 Å². The Balaban J connectivity index is 2.08. The maximum absolute atomic E-state index is 13.3. The zero-order valence-corrected chi connectivity index (χ0v) is 13.7. The fourth-order valence-electron chi connectivity index (χ4n) is 2.68. The van der Waals surface area contributed by atoms with Gasteiger partial charge in [0.2, 0.25) is 5.91 Å². The van der Waals surface area contributed by atoms with Crippen LogP contribution in [0.15, 0.2) is 18.2 Å². The number of likely N-dealkylation sites (N-methyl/N-ethyl adjacent to an activating group) is 1. The summed E-state index contributed by atoms with van der Waals surface area (Å²) in [6.45, 7) is 2.29. The summed E-state index contributed by atoms with van der Waals surface area (Å²) in [6, 6.07) is 5.15. The Morgan fingerprint density at radius 1 is 1.52 bits per heavy atom. The van der Waals surface area contributed by atoms with Gasteiger partial charge in [-0.2, -0.15) is 5.26 Å². The Hall–Kier alpha value is -2.13. The summed E-state index contributed by atoms with van der Waals surface area (Å²) in [5.74, 6) is -1.16. The summed E-state index contributed by atoms with van der Waals surface area (Å²) in [4.78, 5) is 27.3. The first-order valence-corrected chi connectivity index (χ1v) is 7.61. The number of nitrogens with zero attached hydrogens (tertiary/aromatic N) is 3. The van der Waals surface area contributed by atoms with Crippen molar-refractivity contribution >= 4 is 23.4 Å². The van der Waals surface area contributed by atoms with Crippen LogP contribution in [0.25, 0.3) is 0 Å². The van der Waals surface area contributed by atoms with Crippen LogP contribution < -0.4 is 0 Å². The summed E-state index contributed by atoms with van der Waals surface area (Å²) in [6.07, 6.45) is 0.635. The van der Waals surface area contributed by atoms with Crippen LogP contribution in [0.4, 0.5) is 4.39 Å². The average Bonchev–Trinajstić information content (AvgIpc) is 2.90. The van der Waals surface area contributed by atoms with Gasteiger partial charge in [-0.15, -0.1) is 0 Å². The van der Waals surface area contributed by atoms with Crippen LogP contribution in [0.2, 0.25) is 5.02 Å². The molecule has 0 bridgehead atoms. The topological polar surface area (TPSA) is 64.4 Å². The van der Waals surface area contributed by atoms with Gasteiger partial charge in [0.15, 0.2) is 0 Å². The highest BCUT2D eigenvalue weighted by atomic mass is 35.5. The molecular weight excluding hydrogens is 321 g/mol. The molecule has 2 atom stereocenters. The standard InChI is InChI=1S/C16H17ClFN3O2/c1-10-5-12(7-19)21(8-10)15(22)9-20(2)16(23)13-6-11(18)3-4-14(13)17/h3-4,6,10,12H,5,8-9H2,1-2H3. The highest BCUT2D eigenvalue weighted by Crippen LogP contribution is 2.23. The van der Waals surface area contributed by atoms with E-state index in [0.717, 1.165) is 12.1 Å². The Kier molecular flexibility index (Phi) is 5.22. The van der Waals surface area contributed by atoms with Gasteiger partial charge in [0, 0.05) is 13.6 Å². The van der Waals surface area contributed by atoms with Crippen molar-refractivity contribution in [2.24, 2.45) is 5.92 Å². The van der Waals surface area contributed by atoms with Crippen molar-refractivity contribution in [2.45, 2.75) is 19.4 Å². The third-order valence-corrected chi connectivity index (χ3v) is 4.19. The van der Waals surface area contributed by atoms with Crippen molar-refractivity contribution in [3.63, 3.8) is 0 Å². The lowest BCUT2D eigenvalue weighted by atomic mass is 10.1. The molecule has 5 nitrogen and oxygen atoms in total. The number of nitriles is 1. The molecule has 0 saturated carbocycles. The van der Waals surface area contributed by atoms with Crippen LogP contribution >= 0.6 is 11.6 Å². The van der Waals surface area contributed by atoms with Gasteiger partial charge >= 0.3 is 0 Å². The van der Waals surface area contributed by atoms with Crippen LogP contribution in [-0.4, -0.2) is 47.8 Å². The second kappa shape index (κ2) is 6.97. The zero-order valence-electron chi connectivity index (χ0n) is 12.9. The second-order valence-corrected chi connectivity index (χ2v) is 6.22. The molecule has 0 aromatic heterocycles. The number of benzene rings is 1. The Morgan fingerprint density at radius 2 is 2.22 bits per heavy atom. The number of halogens is 2.